The molecule has 2 aromatic carbocycles. The molecule has 3 aromatic rings. The lowest BCUT2D eigenvalue weighted by molar-refractivity contribution is -0.383. The normalized spacial score (nSPS) is 10.0. The summed E-state index contributed by atoms with van der Waals surface area (Å²) in [6, 6.07) is 12.7. The molecule has 0 saturated carbocycles. The Labute approximate surface area is 187 Å². The Hall–Kier alpha value is -4.94. The van der Waals surface area contributed by atoms with Crippen molar-refractivity contribution in [1.82, 2.24) is 20.8 Å². The molecule has 0 spiro atoms. The summed E-state index contributed by atoms with van der Waals surface area (Å²) in [4.78, 5) is 43.2. The lowest BCUT2D eigenvalue weighted by Crippen LogP contribution is -2.32. The van der Waals surface area contributed by atoms with Crippen LogP contribution in [0, 0.1) is 10.1 Å². The quantitative estimate of drug-likeness (QED) is 0.277. The fraction of sp³-hybridized carbons (Fsp3) is 0.100. The van der Waals surface area contributed by atoms with Crippen LogP contribution >= 0.6 is 0 Å². The number of carbonyl (C=O) groups is 2. The largest absolute Gasteiger partial charge is 0.497 e. The Bertz CT molecular complexity index is 1170. The Morgan fingerprint density at radius 3 is 2.06 bits per heavy atom. The van der Waals surface area contributed by atoms with Crippen LogP contribution in [0.2, 0.25) is 0 Å². The number of nitrogens with zero attached hydrogens (tertiary/aromatic N) is 3. The number of hydrogen-bond acceptors (Lipinski definition) is 10. The molecule has 0 unspecified atom stereocenters. The molecule has 0 saturated heterocycles. The van der Waals surface area contributed by atoms with E-state index < -0.39 is 22.4 Å². The van der Waals surface area contributed by atoms with Crippen molar-refractivity contribution in [2.24, 2.45) is 0 Å². The van der Waals surface area contributed by atoms with Crippen molar-refractivity contribution in [2.75, 3.05) is 25.1 Å². The van der Waals surface area contributed by atoms with Gasteiger partial charge in [-0.2, -0.15) is 0 Å². The standard InChI is InChI=1S/C20H19N7O6/c1-32-13-9-7-12(8-10-13)19(28)25-23-17-16(27(30)31)18(22-11-21-17)24-26-20(29)14-5-3-4-6-15(14)33-2/h3-11H,1-2H3,(H,25,28)(H,26,29)(H2,21,22,23,24). The smallest absolute Gasteiger partial charge is 0.356 e. The number of benzene rings is 2. The number of ether oxygens (including phenoxy) is 2. The first-order chi connectivity index (χ1) is 15.9. The van der Waals surface area contributed by atoms with E-state index in [-0.39, 0.29) is 22.8 Å². The second-order valence-electron chi connectivity index (χ2n) is 6.26. The molecule has 0 radical (unpaired) electrons. The lowest BCUT2D eigenvalue weighted by atomic mass is 10.2. The second-order valence-corrected chi connectivity index (χ2v) is 6.26. The van der Waals surface area contributed by atoms with Gasteiger partial charge >= 0.3 is 5.69 Å². The maximum absolute atomic E-state index is 12.4. The van der Waals surface area contributed by atoms with Crippen molar-refractivity contribution in [3.8, 4) is 11.5 Å². The molecule has 0 aliphatic carbocycles. The number of hydrogen-bond donors (Lipinski definition) is 4. The third-order valence-corrected chi connectivity index (χ3v) is 4.30. The van der Waals surface area contributed by atoms with Gasteiger partial charge in [-0.3, -0.25) is 41.4 Å². The molecule has 13 nitrogen and oxygen atoms in total. The Kier molecular flexibility index (Phi) is 7.16. The van der Waals surface area contributed by atoms with Gasteiger partial charge in [0.25, 0.3) is 11.8 Å². The van der Waals surface area contributed by atoms with Crippen molar-refractivity contribution in [2.45, 2.75) is 0 Å². The first-order valence-corrected chi connectivity index (χ1v) is 9.33. The molecule has 2 amide bonds. The number of rotatable bonds is 9. The fourth-order valence-corrected chi connectivity index (χ4v) is 2.68. The number of nitrogens with one attached hydrogen (secondary N) is 4. The van der Waals surface area contributed by atoms with Gasteiger partial charge in [0.15, 0.2) is 0 Å². The highest BCUT2D eigenvalue weighted by molar-refractivity contribution is 5.98. The van der Waals surface area contributed by atoms with E-state index in [0.717, 1.165) is 6.33 Å². The molecule has 0 bridgehead atoms. The Balaban J connectivity index is 1.73. The van der Waals surface area contributed by atoms with Crippen LogP contribution in [0.3, 0.4) is 0 Å². The first-order valence-electron chi connectivity index (χ1n) is 9.33. The van der Waals surface area contributed by atoms with Gasteiger partial charge in [-0.1, -0.05) is 12.1 Å². The fourth-order valence-electron chi connectivity index (χ4n) is 2.68. The lowest BCUT2D eigenvalue weighted by Gasteiger charge is -2.12. The third kappa shape index (κ3) is 5.41. The van der Waals surface area contributed by atoms with E-state index in [4.69, 9.17) is 9.47 Å². The highest BCUT2D eigenvalue weighted by Crippen LogP contribution is 2.28. The molecule has 0 atom stereocenters. The average molecular weight is 453 g/mol. The predicted molar refractivity (Wildman–Crippen MR) is 117 cm³/mol. The third-order valence-electron chi connectivity index (χ3n) is 4.30. The van der Waals surface area contributed by atoms with E-state index in [0.29, 0.717) is 11.5 Å². The molecule has 33 heavy (non-hydrogen) atoms. The molecule has 4 N–H and O–H groups in total. The summed E-state index contributed by atoms with van der Waals surface area (Å²) in [5, 5.41) is 11.6. The number of nitro groups is 1. The maximum Gasteiger partial charge on any atom is 0.356 e. The van der Waals surface area contributed by atoms with Crippen LogP contribution in [-0.4, -0.2) is 40.9 Å². The summed E-state index contributed by atoms with van der Waals surface area (Å²) in [6.45, 7) is 0. The van der Waals surface area contributed by atoms with E-state index >= 15 is 0 Å². The Morgan fingerprint density at radius 1 is 0.879 bits per heavy atom. The summed E-state index contributed by atoms with van der Waals surface area (Å²) in [5.41, 5.74) is 9.33. The molecule has 1 heterocycles. The second kappa shape index (κ2) is 10.4. The molecule has 0 fully saturated rings. The zero-order valence-corrected chi connectivity index (χ0v) is 17.5. The van der Waals surface area contributed by atoms with Crippen LogP contribution in [0.25, 0.3) is 0 Å². The van der Waals surface area contributed by atoms with E-state index in [1.807, 2.05) is 0 Å². The molecular weight excluding hydrogens is 434 g/mol. The van der Waals surface area contributed by atoms with Crippen molar-refractivity contribution in [1.29, 1.82) is 0 Å². The molecule has 3 rings (SSSR count). The van der Waals surface area contributed by atoms with Gasteiger partial charge in [-0.05, 0) is 36.4 Å². The van der Waals surface area contributed by atoms with Gasteiger partial charge in [0, 0.05) is 5.56 Å². The van der Waals surface area contributed by atoms with Crippen LogP contribution in [0.1, 0.15) is 20.7 Å². The van der Waals surface area contributed by atoms with E-state index in [2.05, 4.69) is 31.7 Å². The van der Waals surface area contributed by atoms with Crippen LogP contribution in [0.15, 0.2) is 54.9 Å². The monoisotopic (exact) mass is 453 g/mol. The van der Waals surface area contributed by atoms with Gasteiger partial charge in [0.05, 0.1) is 24.7 Å². The van der Waals surface area contributed by atoms with Gasteiger partial charge in [0.1, 0.15) is 17.8 Å². The zero-order valence-electron chi connectivity index (χ0n) is 17.5. The van der Waals surface area contributed by atoms with Crippen molar-refractivity contribution < 1.29 is 24.0 Å². The molecule has 13 heteroatoms. The highest BCUT2D eigenvalue weighted by Gasteiger charge is 2.24. The van der Waals surface area contributed by atoms with Crippen molar-refractivity contribution in [3.63, 3.8) is 0 Å². The van der Waals surface area contributed by atoms with Gasteiger partial charge in [-0.15, -0.1) is 0 Å². The van der Waals surface area contributed by atoms with Gasteiger partial charge < -0.3 is 9.47 Å². The van der Waals surface area contributed by atoms with Crippen LogP contribution in [-0.2, 0) is 0 Å². The number of amides is 2. The molecule has 0 aliphatic heterocycles. The van der Waals surface area contributed by atoms with E-state index in [9.17, 15) is 19.7 Å². The molecule has 0 aliphatic rings. The zero-order chi connectivity index (χ0) is 23.8. The van der Waals surface area contributed by atoms with Crippen LogP contribution < -0.4 is 31.2 Å². The summed E-state index contributed by atoms with van der Waals surface area (Å²) in [6.07, 6.45) is 1.02. The number of carbonyl (C=O) groups excluding carboxylic acids is 2. The number of aromatic nitrogens is 2. The summed E-state index contributed by atoms with van der Waals surface area (Å²) < 4.78 is 10.2. The minimum Gasteiger partial charge on any atom is -0.497 e. The first kappa shape index (κ1) is 22.7. The van der Waals surface area contributed by atoms with E-state index in [1.54, 1.807) is 30.3 Å². The number of anilines is 2. The molecule has 1 aromatic heterocycles. The molecule has 170 valence electrons. The summed E-state index contributed by atoms with van der Waals surface area (Å²) in [7, 11) is 2.91. The van der Waals surface area contributed by atoms with Crippen molar-refractivity contribution in [3.05, 3.63) is 76.1 Å². The number of para-hydroxylation sites is 1. The molecular formula is C20H19N7O6. The summed E-state index contributed by atoms with van der Waals surface area (Å²) >= 11 is 0. The van der Waals surface area contributed by atoms with Gasteiger partial charge in [0.2, 0.25) is 11.6 Å². The maximum atomic E-state index is 12.4. The van der Waals surface area contributed by atoms with Crippen molar-refractivity contribution >= 4 is 29.1 Å². The Morgan fingerprint density at radius 2 is 1.48 bits per heavy atom. The topological polar surface area (TPSA) is 170 Å². The number of methoxy groups -OCH3 is 2. The minimum absolute atomic E-state index is 0.203. The summed E-state index contributed by atoms with van der Waals surface area (Å²) in [5.74, 6) is -0.896. The van der Waals surface area contributed by atoms with Gasteiger partial charge in [-0.25, -0.2) is 9.97 Å². The highest BCUT2D eigenvalue weighted by atomic mass is 16.6. The predicted octanol–water partition coefficient (Wildman–Crippen LogP) is 1.92. The average Bonchev–Trinajstić information content (AvgIpc) is 2.85. The van der Waals surface area contributed by atoms with Crippen LogP contribution in [0.4, 0.5) is 17.3 Å². The van der Waals surface area contributed by atoms with E-state index in [1.165, 1.54) is 32.4 Å². The minimum atomic E-state index is -0.764. The SMILES string of the molecule is COc1ccc(C(=O)NNc2ncnc(NNC(=O)c3ccccc3OC)c2[N+](=O)[O-])cc1. The van der Waals surface area contributed by atoms with Crippen LogP contribution in [0.5, 0.6) is 11.5 Å². The number of hydrazine groups is 2.